The number of likely N-dealkylation sites (tertiary alicyclic amines) is 1. The first-order valence-corrected chi connectivity index (χ1v) is 23.4. The summed E-state index contributed by atoms with van der Waals surface area (Å²) in [7, 11) is 2.09. The van der Waals surface area contributed by atoms with Gasteiger partial charge in [0.05, 0.1) is 48.9 Å². The number of piperidine rings is 1. The Morgan fingerprint density at radius 3 is 2.40 bits per heavy atom. The van der Waals surface area contributed by atoms with E-state index in [0.717, 1.165) is 133 Å². The van der Waals surface area contributed by atoms with Crippen LogP contribution in [-0.2, 0) is 29.5 Å². The van der Waals surface area contributed by atoms with Crippen LogP contribution < -0.4 is 15.0 Å². The molecule has 8 rings (SSSR count). The van der Waals surface area contributed by atoms with Crippen molar-refractivity contribution in [1.29, 1.82) is 0 Å². The number of allylic oxidation sites excluding steroid dienone is 1. The third kappa shape index (κ3) is 9.27. The fourth-order valence-electron chi connectivity index (χ4n) is 10.8. The van der Waals surface area contributed by atoms with Gasteiger partial charge in [0, 0.05) is 103 Å². The van der Waals surface area contributed by atoms with Crippen LogP contribution in [0.3, 0.4) is 0 Å². The summed E-state index contributed by atoms with van der Waals surface area (Å²) in [5.74, 6) is 1.64. The van der Waals surface area contributed by atoms with Crippen LogP contribution in [0.5, 0.6) is 5.75 Å². The van der Waals surface area contributed by atoms with Crippen LogP contribution in [0.4, 0.5) is 5.69 Å². The molecule has 2 saturated heterocycles. The molecule has 63 heavy (non-hydrogen) atoms. The molecular weight excluding hydrogens is 834 g/mol. The summed E-state index contributed by atoms with van der Waals surface area (Å²) >= 11 is 13.9. The Hall–Kier alpha value is -4.39. The van der Waals surface area contributed by atoms with E-state index in [1.807, 2.05) is 38.1 Å². The van der Waals surface area contributed by atoms with Gasteiger partial charge in [0.2, 0.25) is 6.41 Å². The number of anilines is 1. The van der Waals surface area contributed by atoms with Gasteiger partial charge in [-0.2, -0.15) is 0 Å². The van der Waals surface area contributed by atoms with Crippen molar-refractivity contribution in [3.63, 3.8) is 0 Å². The molecule has 1 aliphatic carbocycles. The highest BCUT2D eigenvalue weighted by molar-refractivity contribution is 6.34. The van der Waals surface area contributed by atoms with E-state index in [1.165, 1.54) is 16.7 Å². The van der Waals surface area contributed by atoms with Gasteiger partial charge >= 0.3 is 0 Å². The van der Waals surface area contributed by atoms with E-state index in [9.17, 15) is 9.90 Å². The van der Waals surface area contributed by atoms with E-state index < -0.39 is 0 Å². The maximum absolute atomic E-state index is 11.9. The smallest absolute Gasteiger partial charge is 0.207 e. The van der Waals surface area contributed by atoms with E-state index in [0.29, 0.717) is 37.2 Å². The number of carbonyl (C=O) groups excluding carboxylic acids is 1. The molecule has 3 unspecified atom stereocenters. The second-order valence-electron chi connectivity index (χ2n) is 18.1. The first-order valence-electron chi connectivity index (χ1n) is 22.6. The van der Waals surface area contributed by atoms with Crippen LogP contribution in [0.15, 0.2) is 48.9 Å². The molecule has 3 aliphatic heterocycles. The highest BCUT2D eigenvalue weighted by Crippen LogP contribution is 2.58. The second kappa shape index (κ2) is 19.4. The van der Waals surface area contributed by atoms with E-state index in [4.69, 9.17) is 42.6 Å². The number of aromatic nitrogens is 3. The number of hydrogen-bond acceptors (Lipinski definition) is 9. The lowest BCUT2D eigenvalue weighted by molar-refractivity contribution is -0.109. The third-order valence-corrected chi connectivity index (χ3v) is 14.8. The molecule has 1 amide bonds. The summed E-state index contributed by atoms with van der Waals surface area (Å²) in [6, 6.07) is 8.59. The van der Waals surface area contributed by atoms with Gasteiger partial charge in [-0.05, 0) is 119 Å². The fourth-order valence-corrected chi connectivity index (χ4v) is 11.2. The average Bonchev–Trinajstić information content (AvgIpc) is 3.77. The molecule has 13 heteroatoms. The van der Waals surface area contributed by atoms with Gasteiger partial charge in [0.15, 0.2) is 0 Å². The van der Waals surface area contributed by atoms with Gasteiger partial charge in [0.25, 0.3) is 0 Å². The molecule has 4 atom stereocenters. The molecule has 4 aliphatic rings. The Balaban J connectivity index is 1.17. The molecule has 2 aromatic carbocycles. The molecule has 5 heterocycles. The number of nitrogens with one attached hydrogen (secondary N) is 1. The number of morpholine rings is 1. The number of aliphatic hydroxyl groups is 1. The molecule has 2 aromatic heterocycles. The van der Waals surface area contributed by atoms with Crippen LogP contribution in [0.2, 0.25) is 10.0 Å². The summed E-state index contributed by atoms with van der Waals surface area (Å²) in [5, 5.41) is 15.0. The van der Waals surface area contributed by atoms with Crippen molar-refractivity contribution < 1.29 is 19.4 Å². The van der Waals surface area contributed by atoms with Gasteiger partial charge in [-0.3, -0.25) is 14.6 Å². The van der Waals surface area contributed by atoms with Crippen molar-refractivity contribution in [3.8, 4) is 16.9 Å². The zero-order valence-corrected chi connectivity index (χ0v) is 39.2. The monoisotopic (exact) mass is 895 g/mol. The Labute approximate surface area is 383 Å². The molecule has 0 bridgehead atoms. The van der Waals surface area contributed by atoms with Gasteiger partial charge in [0.1, 0.15) is 11.6 Å². The summed E-state index contributed by atoms with van der Waals surface area (Å²) in [6.07, 6.45) is 11.7. The maximum Gasteiger partial charge on any atom is 0.207 e. The predicted molar refractivity (Wildman–Crippen MR) is 253 cm³/mol. The summed E-state index contributed by atoms with van der Waals surface area (Å²) in [4.78, 5) is 29.9. The minimum absolute atomic E-state index is 0.0290. The lowest BCUT2D eigenvalue weighted by Gasteiger charge is -2.40. The van der Waals surface area contributed by atoms with Crippen LogP contribution in [0.25, 0.3) is 17.2 Å². The Morgan fingerprint density at radius 1 is 1.03 bits per heavy atom. The minimum atomic E-state index is -0.190. The minimum Gasteiger partial charge on any atom is -0.512 e. The highest BCUT2D eigenvalue weighted by Gasteiger charge is 2.45. The highest BCUT2D eigenvalue weighted by atomic mass is 35.5. The number of ether oxygens (including phenoxy) is 2. The topological polar surface area (TPSA) is 108 Å². The standard InChI is InChI=1S/C50H63Cl2N7O4/c1-30-23-38(24-31(2)48(30)52)63-20-8-9-39-40-11-12-43(51)47(46-33(4)54-45(55-34(46)5)28-57-16-14-37(15-17-57)58-18-21-62-22-19-58)50(40)59(32(3)26-53-29-60)49(39)42-27-56(7)44-13-10-36(35(6)61)25-41(42)44/h10-13,23-24,27,29,32,36-37,39,49,61H,6,8-9,14-22,25-26,28H2,1-5,7H3,(H,53,60)/t32-,36?,39?,49?/m1/s1. The molecule has 0 spiro atoms. The summed E-state index contributed by atoms with van der Waals surface area (Å²) < 4.78 is 14.2. The van der Waals surface area contributed by atoms with Crippen LogP contribution in [0, 0.1) is 33.6 Å². The van der Waals surface area contributed by atoms with Crippen molar-refractivity contribution in [3.05, 3.63) is 110 Å². The van der Waals surface area contributed by atoms with E-state index in [2.05, 4.69) is 77.3 Å². The van der Waals surface area contributed by atoms with E-state index in [-0.39, 0.29) is 29.7 Å². The van der Waals surface area contributed by atoms with Crippen molar-refractivity contribution >= 4 is 41.4 Å². The number of aliphatic hydroxyl groups excluding tert-OH is 1. The molecule has 11 nitrogen and oxygen atoms in total. The molecule has 2 fully saturated rings. The molecule has 2 N–H and O–H groups in total. The zero-order chi connectivity index (χ0) is 44.5. The second-order valence-corrected chi connectivity index (χ2v) is 18.9. The zero-order valence-electron chi connectivity index (χ0n) is 37.7. The normalized spacial score (nSPS) is 21.0. The number of benzene rings is 2. The molecule has 0 saturated carbocycles. The first-order chi connectivity index (χ1) is 30.3. The lowest BCUT2D eigenvalue weighted by Crippen LogP contribution is -2.48. The number of halogens is 2. The van der Waals surface area contributed by atoms with Crippen LogP contribution in [0.1, 0.15) is 95.3 Å². The molecular formula is C50H63Cl2N7O4. The van der Waals surface area contributed by atoms with Gasteiger partial charge in [-0.15, -0.1) is 0 Å². The summed E-state index contributed by atoms with van der Waals surface area (Å²) in [6.45, 7) is 21.7. The maximum atomic E-state index is 11.9. The number of carbonyl (C=O) groups is 1. The number of nitrogens with zero attached hydrogens (tertiary/aromatic N) is 6. The van der Waals surface area contributed by atoms with Gasteiger partial charge in [-0.1, -0.05) is 41.9 Å². The molecule has 336 valence electrons. The summed E-state index contributed by atoms with van der Waals surface area (Å²) in [5.41, 5.74) is 11.4. The van der Waals surface area contributed by atoms with Gasteiger partial charge < -0.3 is 29.4 Å². The van der Waals surface area contributed by atoms with Crippen LogP contribution >= 0.6 is 23.2 Å². The van der Waals surface area contributed by atoms with E-state index >= 15 is 0 Å². The molecule has 0 radical (unpaired) electrons. The van der Waals surface area contributed by atoms with Crippen molar-refractivity contribution in [1.82, 2.24) is 29.7 Å². The Bertz CT molecular complexity index is 2320. The largest absolute Gasteiger partial charge is 0.512 e. The van der Waals surface area contributed by atoms with Crippen LogP contribution in [-0.4, -0.2) is 100 Å². The molecule has 4 aromatic rings. The fraction of sp³-hybridized carbons (Fsp3) is 0.500. The van der Waals surface area contributed by atoms with Crippen molar-refractivity contribution in [2.75, 3.05) is 57.4 Å². The van der Waals surface area contributed by atoms with Crippen molar-refractivity contribution in [2.45, 2.75) is 97.3 Å². The van der Waals surface area contributed by atoms with E-state index in [1.54, 1.807) is 0 Å². The number of hydrogen-bond donors (Lipinski definition) is 2. The van der Waals surface area contributed by atoms with Gasteiger partial charge in [-0.25, -0.2) is 9.97 Å². The predicted octanol–water partition coefficient (Wildman–Crippen LogP) is 9.21. The number of rotatable bonds is 15. The average molecular weight is 897 g/mol. The first kappa shape index (κ1) is 45.2. The number of aryl methyl sites for hydroxylation is 5. The SMILES string of the molecule is C=C(O)C1C=Cc2c(c(C3C(CCCOc4cc(C)c(Cl)c(C)c4)c4ccc(Cl)c(-c5c(C)nc(CN6CCC(N7CCOCC7)CC6)nc5C)c4N3[C@H](C)CNC=O)cn2C)C1. The Kier molecular flexibility index (Phi) is 13.9. The quantitative estimate of drug-likeness (QED) is 0.0687. The number of fused-ring (bicyclic) bond motifs is 2. The Morgan fingerprint density at radius 2 is 1.73 bits per heavy atom. The number of amides is 1. The van der Waals surface area contributed by atoms with Crippen molar-refractivity contribution in [2.24, 2.45) is 13.0 Å². The third-order valence-electron chi connectivity index (χ3n) is 13.9. The lowest BCUT2D eigenvalue weighted by atomic mass is 9.82.